The van der Waals surface area contributed by atoms with E-state index in [2.05, 4.69) is 24.1 Å². The van der Waals surface area contributed by atoms with Crippen LogP contribution in [0.25, 0.3) is 0 Å². The molecule has 4 heteroatoms. The number of ether oxygens (including phenoxy) is 1. The maximum absolute atomic E-state index is 12.6. The van der Waals surface area contributed by atoms with E-state index in [4.69, 9.17) is 4.74 Å². The molecule has 4 nitrogen and oxygen atoms in total. The average Bonchev–Trinajstić information content (AvgIpc) is 2.53. The van der Waals surface area contributed by atoms with Crippen molar-refractivity contribution in [1.29, 1.82) is 0 Å². The summed E-state index contributed by atoms with van der Waals surface area (Å²) in [6.45, 7) is 7.87. The quantitative estimate of drug-likeness (QED) is 0.868. The minimum atomic E-state index is 0.121. The number of carbonyl (C=O) groups is 1. The Hall–Kier alpha value is -1.55. The van der Waals surface area contributed by atoms with Gasteiger partial charge in [0, 0.05) is 24.6 Å². The highest BCUT2D eigenvalue weighted by atomic mass is 16.5. The Labute approximate surface area is 126 Å². The molecule has 0 aromatic heterocycles. The Morgan fingerprint density at radius 3 is 3.05 bits per heavy atom. The standard InChI is InChI=1S/C17H24N2O2/c1-3-19-11-12(2)21-16-7-6-13(9-15(16)19)17(20)14-5-4-8-18-10-14/h6-7,9,12,14,18H,3-5,8,10-11H2,1-2H3. The summed E-state index contributed by atoms with van der Waals surface area (Å²) >= 11 is 0. The van der Waals surface area contributed by atoms with Crippen molar-refractivity contribution in [1.82, 2.24) is 5.32 Å². The molecule has 3 rings (SSSR count). The van der Waals surface area contributed by atoms with Gasteiger partial charge >= 0.3 is 0 Å². The summed E-state index contributed by atoms with van der Waals surface area (Å²) in [7, 11) is 0. The number of hydrogen-bond acceptors (Lipinski definition) is 4. The molecule has 1 N–H and O–H groups in total. The first-order chi connectivity index (χ1) is 10.2. The molecule has 0 saturated carbocycles. The third kappa shape index (κ3) is 2.91. The van der Waals surface area contributed by atoms with Crippen molar-refractivity contribution in [3.63, 3.8) is 0 Å². The fraction of sp³-hybridized carbons (Fsp3) is 0.588. The number of likely N-dealkylation sites (N-methyl/N-ethyl adjacent to an activating group) is 1. The zero-order chi connectivity index (χ0) is 14.8. The molecule has 0 radical (unpaired) electrons. The monoisotopic (exact) mass is 288 g/mol. The molecule has 0 spiro atoms. The molecule has 2 aliphatic rings. The minimum absolute atomic E-state index is 0.121. The molecule has 2 unspecified atom stereocenters. The highest BCUT2D eigenvalue weighted by Crippen LogP contribution is 2.35. The van der Waals surface area contributed by atoms with Gasteiger partial charge < -0.3 is 15.0 Å². The van der Waals surface area contributed by atoms with Gasteiger partial charge in [-0.1, -0.05) is 0 Å². The van der Waals surface area contributed by atoms with Gasteiger partial charge in [0.1, 0.15) is 11.9 Å². The number of fused-ring (bicyclic) bond motifs is 1. The summed E-state index contributed by atoms with van der Waals surface area (Å²) in [5.41, 5.74) is 1.88. The second-order valence-electron chi connectivity index (χ2n) is 6.06. The van der Waals surface area contributed by atoms with Crippen LogP contribution in [0, 0.1) is 5.92 Å². The normalized spacial score (nSPS) is 25.1. The molecule has 2 atom stereocenters. The van der Waals surface area contributed by atoms with Crippen molar-refractivity contribution in [3.05, 3.63) is 23.8 Å². The second kappa shape index (κ2) is 6.06. The number of anilines is 1. The van der Waals surface area contributed by atoms with Crippen LogP contribution in [0.5, 0.6) is 5.75 Å². The summed E-state index contributed by atoms with van der Waals surface area (Å²) < 4.78 is 5.88. The Kier molecular flexibility index (Phi) is 4.15. The molecule has 0 amide bonds. The maximum atomic E-state index is 12.6. The molecule has 1 fully saturated rings. The fourth-order valence-corrected chi connectivity index (χ4v) is 3.29. The van der Waals surface area contributed by atoms with Crippen LogP contribution in [-0.4, -0.2) is 38.1 Å². The number of Topliss-reactive ketones (excluding diaryl/α,β-unsaturated/α-hetero) is 1. The number of carbonyl (C=O) groups excluding carboxylic acids is 1. The predicted octanol–water partition coefficient (Wildman–Crippen LogP) is 2.48. The molecule has 1 saturated heterocycles. The number of rotatable bonds is 3. The number of piperidine rings is 1. The van der Waals surface area contributed by atoms with Crippen molar-refractivity contribution in [2.75, 3.05) is 31.1 Å². The number of ketones is 1. The van der Waals surface area contributed by atoms with Crippen LogP contribution < -0.4 is 15.0 Å². The SMILES string of the molecule is CCN1CC(C)Oc2ccc(C(=O)C3CCCNC3)cc21. The molecule has 1 aromatic carbocycles. The van der Waals surface area contributed by atoms with E-state index in [1.807, 2.05) is 18.2 Å². The highest BCUT2D eigenvalue weighted by Gasteiger charge is 2.26. The Morgan fingerprint density at radius 2 is 2.33 bits per heavy atom. The van der Waals surface area contributed by atoms with Crippen LogP contribution in [0.15, 0.2) is 18.2 Å². The summed E-state index contributed by atoms with van der Waals surface area (Å²) in [6, 6.07) is 5.89. The molecule has 0 aliphatic carbocycles. The van der Waals surface area contributed by atoms with E-state index in [0.29, 0.717) is 0 Å². The number of benzene rings is 1. The zero-order valence-corrected chi connectivity index (χ0v) is 12.9. The van der Waals surface area contributed by atoms with Crippen molar-refractivity contribution in [3.8, 4) is 5.75 Å². The number of hydrogen-bond donors (Lipinski definition) is 1. The number of nitrogens with one attached hydrogen (secondary N) is 1. The van der Waals surface area contributed by atoms with E-state index < -0.39 is 0 Å². The van der Waals surface area contributed by atoms with Gasteiger partial charge in [0.25, 0.3) is 0 Å². The molecule has 0 bridgehead atoms. The average molecular weight is 288 g/mol. The lowest BCUT2D eigenvalue weighted by Gasteiger charge is -2.34. The van der Waals surface area contributed by atoms with Gasteiger partial charge in [0.05, 0.1) is 12.2 Å². The molecular formula is C17H24N2O2. The van der Waals surface area contributed by atoms with Crippen molar-refractivity contribution in [2.24, 2.45) is 5.92 Å². The van der Waals surface area contributed by atoms with E-state index in [1.165, 1.54) is 0 Å². The first kappa shape index (κ1) is 14.4. The molecular weight excluding hydrogens is 264 g/mol. The third-order valence-electron chi connectivity index (χ3n) is 4.44. The largest absolute Gasteiger partial charge is 0.487 e. The van der Waals surface area contributed by atoms with Crippen LogP contribution in [0.3, 0.4) is 0 Å². The van der Waals surface area contributed by atoms with Crippen molar-refractivity contribution in [2.45, 2.75) is 32.8 Å². The lowest BCUT2D eigenvalue weighted by Crippen LogP contribution is -2.38. The van der Waals surface area contributed by atoms with Crippen LogP contribution in [-0.2, 0) is 0 Å². The van der Waals surface area contributed by atoms with Crippen molar-refractivity contribution >= 4 is 11.5 Å². The van der Waals surface area contributed by atoms with Crippen LogP contribution in [0.4, 0.5) is 5.69 Å². The van der Waals surface area contributed by atoms with Crippen LogP contribution >= 0.6 is 0 Å². The lowest BCUT2D eigenvalue weighted by molar-refractivity contribution is 0.0899. The number of nitrogens with zero attached hydrogens (tertiary/aromatic N) is 1. The lowest BCUT2D eigenvalue weighted by atomic mass is 9.90. The van der Waals surface area contributed by atoms with Gasteiger partial charge in [0.2, 0.25) is 0 Å². The van der Waals surface area contributed by atoms with E-state index in [-0.39, 0.29) is 17.8 Å². The smallest absolute Gasteiger partial charge is 0.167 e. The van der Waals surface area contributed by atoms with Crippen LogP contribution in [0.2, 0.25) is 0 Å². The highest BCUT2D eigenvalue weighted by molar-refractivity contribution is 5.99. The van der Waals surface area contributed by atoms with Crippen LogP contribution in [0.1, 0.15) is 37.0 Å². The van der Waals surface area contributed by atoms with Gasteiger partial charge in [-0.3, -0.25) is 4.79 Å². The minimum Gasteiger partial charge on any atom is -0.487 e. The van der Waals surface area contributed by atoms with Gasteiger partial charge in [-0.05, 0) is 51.4 Å². The van der Waals surface area contributed by atoms with E-state index in [1.54, 1.807) is 0 Å². The molecule has 114 valence electrons. The molecule has 1 aromatic rings. The third-order valence-corrected chi connectivity index (χ3v) is 4.44. The zero-order valence-electron chi connectivity index (χ0n) is 12.9. The Bertz CT molecular complexity index is 524. The van der Waals surface area contributed by atoms with Gasteiger partial charge in [-0.15, -0.1) is 0 Å². The van der Waals surface area contributed by atoms with E-state index in [0.717, 1.165) is 56.0 Å². The van der Waals surface area contributed by atoms with E-state index >= 15 is 0 Å². The van der Waals surface area contributed by atoms with Gasteiger partial charge in [-0.25, -0.2) is 0 Å². The molecule has 21 heavy (non-hydrogen) atoms. The first-order valence-corrected chi connectivity index (χ1v) is 7.99. The van der Waals surface area contributed by atoms with Gasteiger partial charge in [-0.2, -0.15) is 0 Å². The summed E-state index contributed by atoms with van der Waals surface area (Å²) in [5.74, 6) is 1.28. The van der Waals surface area contributed by atoms with E-state index in [9.17, 15) is 4.79 Å². The summed E-state index contributed by atoms with van der Waals surface area (Å²) in [5, 5.41) is 3.32. The topological polar surface area (TPSA) is 41.6 Å². The predicted molar refractivity (Wildman–Crippen MR) is 84.3 cm³/mol. The fourth-order valence-electron chi connectivity index (χ4n) is 3.29. The summed E-state index contributed by atoms with van der Waals surface area (Å²) in [6.07, 6.45) is 2.28. The maximum Gasteiger partial charge on any atom is 0.167 e. The molecule has 2 aliphatic heterocycles. The Morgan fingerprint density at radius 1 is 1.48 bits per heavy atom. The second-order valence-corrected chi connectivity index (χ2v) is 6.06. The first-order valence-electron chi connectivity index (χ1n) is 7.99. The summed E-state index contributed by atoms with van der Waals surface area (Å²) in [4.78, 5) is 14.9. The van der Waals surface area contributed by atoms with Crippen molar-refractivity contribution < 1.29 is 9.53 Å². The Balaban J connectivity index is 1.86. The van der Waals surface area contributed by atoms with Gasteiger partial charge in [0.15, 0.2) is 5.78 Å². The molecule has 2 heterocycles.